The lowest BCUT2D eigenvalue weighted by atomic mass is 10.0. The number of rotatable bonds is 6. The van der Waals surface area contributed by atoms with Crippen LogP contribution in [-0.4, -0.2) is 26.4 Å². The lowest BCUT2D eigenvalue weighted by Crippen LogP contribution is -2.30. The molecule has 2 aromatic carbocycles. The molecule has 4 nitrogen and oxygen atoms in total. The highest BCUT2D eigenvalue weighted by Gasteiger charge is 2.36. The standard InChI is InChI=1S/C21H27NO3S/c1-16(2)15-17-6-12-20(13-7-17)26(23,24)22-14-4-5-21(22)18-8-10-19(25-3)11-9-18/h6-13,16,21H,4-5,14-15H2,1-3H3/t21-/m0/s1. The van der Waals surface area contributed by atoms with Crippen molar-refractivity contribution in [2.45, 2.75) is 44.0 Å². The van der Waals surface area contributed by atoms with E-state index in [1.807, 2.05) is 36.4 Å². The molecule has 0 N–H and O–H groups in total. The van der Waals surface area contributed by atoms with Gasteiger partial charge in [0.15, 0.2) is 0 Å². The van der Waals surface area contributed by atoms with Crippen molar-refractivity contribution in [2.75, 3.05) is 13.7 Å². The average Bonchev–Trinajstić information content (AvgIpc) is 3.12. The second-order valence-corrected chi connectivity index (χ2v) is 9.18. The van der Waals surface area contributed by atoms with E-state index in [1.54, 1.807) is 23.5 Å². The molecule has 1 fully saturated rings. The highest BCUT2D eigenvalue weighted by atomic mass is 32.2. The Labute approximate surface area is 156 Å². The summed E-state index contributed by atoms with van der Waals surface area (Å²) in [7, 11) is -1.87. The lowest BCUT2D eigenvalue weighted by Gasteiger charge is -2.24. The topological polar surface area (TPSA) is 46.6 Å². The van der Waals surface area contributed by atoms with Crippen LogP contribution in [-0.2, 0) is 16.4 Å². The van der Waals surface area contributed by atoms with E-state index in [9.17, 15) is 8.42 Å². The number of hydrogen-bond donors (Lipinski definition) is 0. The van der Waals surface area contributed by atoms with Gasteiger partial charge in [-0.2, -0.15) is 4.31 Å². The van der Waals surface area contributed by atoms with Crippen LogP contribution < -0.4 is 4.74 Å². The van der Waals surface area contributed by atoms with Crippen LogP contribution in [0.2, 0.25) is 0 Å². The third-order valence-electron chi connectivity index (χ3n) is 4.88. The molecule has 5 heteroatoms. The summed E-state index contributed by atoms with van der Waals surface area (Å²) in [4.78, 5) is 0.380. The van der Waals surface area contributed by atoms with E-state index >= 15 is 0 Å². The largest absolute Gasteiger partial charge is 0.497 e. The molecule has 0 amide bonds. The Kier molecular flexibility index (Phi) is 5.68. The monoisotopic (exact) mass is 373 g/mol. The molecule has 1 aliphatic heterocycles. The van der Waals surface area contributed by atoms with Gasteiger partial charge in [-0.1, -0.05) is 38.1 Å². The fraction of sp³-hybridized carbons (Fsp3) is 0.429. The maximum Gasteiger partial charge on any atom is 0.243 e. The van der Waals surface area contributed by atoms with E-state index in [2.05, 4.69) is 13.8 Å². The fourth-order valence-corrected chi connectivity index (χ4v) is 5.27. The summed E-state index contributed by atoms with van der Waals surface area (Å²) in [6.07, 6.45) is 2.68. The average molecular weight is 374 g/mol. The van der Waals surface area contributed by atoms with Gasteiger partial charge in [0.25, 0.3) is 0 Å². The Morgan fingerprint density at radius 2 is 1.73 bits per heavy atom. The predicted molar refractivity (Wildman–Crippen MR) is 104 cm³/mol. The number of sulfonamides is 1. The predicted octanol–water partition coefficient (Wildman–Crippen LogP) is 4.42. The normalized spacial score (nSPS) is 18.4. The summed E-state index contributed by atoms with van der Waals surface area (Å²) in [5, 5.41) is 0. The van der Waals surface area contributed by atoms with Gasteiger partial charge in [0.1, 0.15) is 5.75 Å². The Morgan fingerprint density at radius 1 is 1.08 bits per heavy atom. The van der Waals surface area contributed by atoms with Gasteiger partial charge in [0.05, 0.1) is 18.0 Å². The van der Waals surface area contributed by atoms with Crippen LogP contribution >= 0.6 is 0 Å². The van der Waals surface area contributed by atoms with Crippen molar-refractivity contribution in [3.05, 3.63) is 59.7 Å². The first-order valence-corrected chi connectivity index (χ1v) is 10.6. The highest BCUT2D eigenvalue weighted by Crippen LogP contribution is 2.37. The summed E-state index contributed by atoms with van der Waals surface area (Å²) in [5.41, 5.74) is 2.19. The number of benzene rings is 2. The minimum Gasteiger partial charge on any atom is -0.497 e. The zero-order chi connectivity index (χ0) is 18.7. The third-order valence-corrected chi connectivity index (χ3v) is 6.80. The molecule has 1 atom stereocenters. The van der Waals surface area contributed by atoms with Gasteiger partial charge >= 0.3 is 0 Å². The summed E-state index contributed by atoms with van der Waals surface area (Å²) >= 11 is 0. The molecular formula is C21H27NO3S. The highest BCUT2D eigenvalue weighted by molar-refractivity contribution is 7.89. The Balaban J connectivity index is 1.85. The zero-order valence-electron chi connectivity index (χ0n) is 15.7. The van der Waals surface area contributed by atoms with Gasteiger partial charge in [-0.15, -0.1) is 0 Å². The van der Waals surface area contributed by atoms with Gasteiger partial charge in [0, 0.05) is 6.54 Å². The molecule has 0 bridgehead atoms. The van der Waals surface area contributed by atoms with Crippen molar-refractivity contribution in [1.29, 1.82) is 0 Å². The smallest absolute Gasteiger partial charge is 0.243 e. The molecule has 140 valence electrons. The van der Waals surface area contributed by atoms with E-state index in [0.29, 0.717) is 17.4 Å². The van der Waals surface area contributed by atoms with E-state index in [0.717, 1.165) is 30.6 Å². The molecule has 0 aromatic heterocycles. The van der Waals surface area contributed by atoms with E-state index in [1.165, 1.54) is 5.56 Å². The molecule has 0 unspecified atom stereocenters. The van der Waals surface area contributed by atoms with Crippen LogP contribution in [0, 0.1) is 5.92 Å². The Bertz CT molecular complexity index is 827. The zero-order valence-corrected chi connectivity index (χ0v) is 16.5. The van der Waals surface area contributed by atoms with Crippen molar-refractivity contribution >= 4 is 10.0 Å². The Morgan fingerprint density at radius 3 is 2.31 bits per heavy atom. The molecule has 1 heterocycles. The third kappa shape index (κ3) is 3.94. The fourth-order valence-electron chi connectivity index (χ4n) is 3.59. The minimum absolute atomic E-state index is 0.110. The molecule has 1 saturated heterocycles. The number of hydrogen-bond acceptors (Lipinski definition) is 3. The molecule has 26 heavy (non-hydrogen) atoms. The molecule has 0 radical (unpaired) electrons. The summed E-state index contributed by atoms with van der Waals surface area (Å²) in [6, 6.07) is 15.0. The molecule has 1 aliphatic rings. The van der Waals surface area contributed by atoms with Gasteiger partial charge in [-0.3, -0.25) is 0 Å². The number of nitrogens with zero attached hydrogens (tertiary/aromatic N) is 1. The second kappa shape index (κ2) is 7.80. The van der Waals surface area contributed by atoms with Crippen LogP contribution in [0.1, 0.15) is 43.9 Å². The van der Waals surface area contributed by atoms with Crippen molar-refractivity contribution in [1.82, 2.24) is 4.31 Å². The maximum atomic E-state index is 13.2. The summed E-state index contributed by atoms with van der Waals surface area (Å²) < 4.78 is 33.2. The van der Waals surface area contributed by atoms with Gasteiger partial charge < -0.3 is 4.74 Å². The first kappa shape index (κ1) is 18.9. The molecule has 2 aromatic rings. The first-order valence-electron chi connectivity index (χ1n) is 9.16. The van der Waals surface area contributed by atoms with Gasteiger partial charge in [0.2, 0.25) is 10.0 Å². The number of methoxy groups -OCH3 is 1. The van der Waals surface area contributed by atoms with Crippen molar-refractivity contribution in [3.8, 4) is 5.75 Å². The van der Waals surface area contributed by atoms with Crippen molar-refractivity contribution < 1.29 is 13.2 Å². The van der Waals surface area contributed by atoms with Crippen LogP contribution in [0.4, 0.5) is 0 Å². The van der Waals surface area contributed by atoms with Gasteiger partial charge in [-0.25, -0.2) is 8.42 Å². The van der Waals surface area contributed by atoms with Crippen LogP contribution in [0.5, 0.6) is 5.75 Å². The van der Waals surface area contributed by atoms with E-state index in [4.69, 9.17) is 4.74 Å². The maximum absolute atomic E-state index is 13.2. The Hall–Kier alpha value is -1.85. The lowest BCUT2D eigenvalue weighted by molar-refractivity contribution is 0.394. The molecular weight excluding hydrogens is 346 g/mol. The van der Waals surface area contributed by atoms with Crippen molar-refractivity contribution in [3.63, 3.8) is 0 Å². The van der Waals surface area contributed by atoms with E-state index < -0.39 is 10.0 Å². The van der Waals surface area contributed by atoms with Gasteiger partial charge in [-0.05, 0) is 60.6 Å². The second-order valence-electron chi connectivity index (χ2n) is 7.29. The molecule has 0 saturated carbocycles. The first-order chi connectivity index (χ1) is 12.4. The SMILES string of the molecule is COc1ccc([C@@H]2CCCN2S(=O)(=O)c2ccc(CC(C)C)cc2)cc1. The molecule has 0 aliphatic carbocycles. The van der Waals surface area contributed by atoms with Crippen LogP contribution in [0.3, 0.4) is 0 Å². The number of ether oxygens (including phenoxy) is 1. The minimum atomic E-state index is -3.49. The quantitative estimate of drug-likeness (QED) is 0.753. The summed E-state index contributed by atoms with van der Waals surface area (Å²) in [5.74, 6) is 1.33. The molecule has 0 spiro atoms. The van der Waals surface area contributed by atoms with E-state index in [-0.39, 0.29) is 6.04 Å². The van der Waals surface area contributed by atoms with Crippen LogP contribution in [0.15, 0.2) is 53.4 Å². The molecule has 3 rings (SSSR count). The van der Waals surface area contributed by atoms with Crippen molar-refractivity contribution in [2.24, 2.45) is 5.92 Å². The van der Waals surface area contributed by atoms with Crippen LogP contribution in [0.25, 0.3) is 0 Å². The summed E-state index contributed by atoms with van der Waals surface area (Å²) in [6.45, 7) is 4.88.